The van der Waals surface area contributed by atoms with Gasteiger partial charge in [0.1, 0.15) is 5.78 Å². The van der Waals surface area contributed by atoms with Crippen LogP contribution < -0.4 is 0 Å². The van der Waals surface area contributed by atoms with Gasteiger partial charge in [-0.25, -0.2) is 0 Å². The lowest BCUT2D eigenvalue weighted by atomic mass is 9.91. The topological polar surface area (TPSA) is 46.5 Å². The SMILES string of the molecule is CC(=O)C1COCC(CO)C1. The minimum absolute atomic E-state index is 0.0147. The molecule has 1 N–H and O–H groups in total. The van der Waals surface area contributed by atoms with Crippen molar-refractivity contribution in [3.8, 4) is 0 Å². The van der Waals surface area contributed by atoms with Gasteiger partial charge >= 0.3 is 0 Å². The molecule has 0 spiro atoms. The van der Waals surface area contributed by atoms with Gasteiger partial charge in [-0.15, -0.1) is 0 Å². The van der Waals surface area contributed by atoms with Crippen LogP contribution >= 0.6 is 0 Å². The number of aliphatic hydroxyl groups excluding tert-OH is 1. The van der Waals surface area contributed by atoms with E-state index in [4.69, 9.17) is 9.84 Å². The summed E-state index contributed by atoms with van der Waals surface area (Å²) < 4.78 is 5.17. The second-order valence-electron chi connectivity index (χ2n) is 3.13. The third-order valence-corrected chi connectivity index (χ3v) is 2.12. The maximum Gasteiger partial charge on any atom is 0.135 e. The zero-order valence-corrected chi connectivity index (χ0v) is 6.75. The van der Waals surface area contributed by atoms with Crippen molar-refractivity contribution in [2.75, 3.05) is 19.8 Å². The van der Waals surface area contributed by atoms with Gasteiger partial charge in [-0.3, -0.25) is 4.79 Å². The molecule has 1 aliphatic rings. The molecule has 0 radical (unpaired) electrons. The molecule has 0 amide bonds. The summed E-state index contributed by atoms with van der Waals surface area (Å²) in [5.74, 6) is 0.349. The predicted molar refractivity (Wildman–Crippen MR) is 40.2 cm³/mol. The van der Waals surface area contributed by atoms with E-state index in [-0.39, 0.29) is 24.2 Å². The number of hydrogen-bond donors (Lipinski definition) is 1. The lowest BCUT2D eigenvalue weighted by Gasteiger charge is -2.26. The van der Waals surface area contributed by atoms with Gasteiger partial charge in [0, 0.05) is 18.4 Å². The van der Waals surface area contributed by atoms with Gasteiger partial charge in [0.05, 0.1) is 13.2 Å². The lowest BCUT2D eigenvalue weighted by Crippen LogP contribution is -2.31. The summed E-state index contributed by atoms with van der Waals surface area (Å²) in [6.45, 7) is 2.84. The highest BCUT2D eigenvalue weighted by molar-refractivity contribution is 5.78. The Bertz CT molecular complexity index is 144. The molecule has 3 heteroatoms. The first-order chi connectivity index (χ1) is 5.24. The van der Waals surface area contributed by atoms with Gasteiger partial charge in [0.15, 0.2) is 0 Å². The second-order valence-corrected chi connectivity index (χ2v) is 3.13. The molecule has 1 heterocycles. The fraction of sp³-hybridized carbons (Fsp3) is 0.875. The number of ketones is 1. The van der Waals surface area contributed by atoms with Crippen molar-refractivity contribution in [3.63, 3.8) is 0 Å². The van der Waals surface area contributed by atoms with Crippen LogP contribution in [0.3, 0.4) is 0 Å². The molecule has 1 aliphatic heterocycles. The number of carbonyl (C=O) groups is 1. The number of ether oxygens (including phenoxy) is 1. The van der Waals surface area contributed by atoms with E-state index < -0.39 is 0 Å². The van der Waals surface area contributed by atoms with Gasteiger partial charge in [-0.2, -0.15) is 0 Å². The van der Waals surface area contributed by atoms with Crippen LogP contribution in [0.2, 0.25) is 0 Å². The second kappa shape index (κ2) is 3.83. The predicted octanol–water partition coefficient (Wildman–Crippen LogP) is 0.220. The third-order valence-electron chi connectivity index (χ3n) is 2.12. The number of aliphatic hydroxyl groups is 1. The monoisotopic (exact) mass is 158 g/mol. The van der Waals surface area contributed by atoms with Gasteiger partial charge in [0.2, 0.25) is 0 Å². The van der Waals surface area contributed by atoms with E-state index >= 15 is 0 Å². The molecule has 2 atom stereocenters. The molecular weight excluding hydrogens is 144 g/mol. The number of rotatable bonds is 2. The van der Waals surface area contributed by atoms with E-state index in [0.717, 1.165) is 6.42 Å². The van der Waals surface area contributed by atoms with Crippen molar-refractivity contribution in [2.24, 2.45) is 11.8 Å². The highest BCUT2D eigenvalue weighted by Crippen LogP contribution is 2.19. The van der Waals surface area contributed by atoms with Crippen molar-refractivity contribution in [3.05, 3.63) is 0 Å². The normalized spacial score (nSPS) is 31.8. The molecule has 1 saturated heterocycles. The molecule has 11 heavy (non-hydrogen) atoms. The fourth-order valence-corrected chi connectivity index (χ4v) is 1.33. The van der Waals surface area contributed by atoms with E-state index in [0.29, 0.717) is 13.2 Å². The van der Waals surface area contributed by atoms with E-state index in [1.165, 1.54) is 0 Å². The van der Waals surface area contributed by atoms with Crippen LogP contribution in [0.15, 0.2) is 0 Å². The maximum absolute atomic E-state index is 10.9. The zero-order valence-electron chi connectivity index (χ0n) is 6.75. The van der Waals surface area contributed by atoms with E-state index in [1.54, 1.807) is 6.92 Å². The van der Waals surface area contributed by atoms with Gasteiger partial charge in [-0.1, -0.05) is 0 Å². The van der Waals surface area contributed by atoms with Crippen LogP contribution in [-0.4, -0.2) is 30.7 Å². The smallest absolute Gasteiger partial charge is 0.135 e. The van der Waals surface area contributed by atoms with E-state index in [2.05, 4.69) is 0 Å². The molecule has 64 valence electrons. The molecule has 0 aromatic heterocycles. The Morgan fingerprint density at radius 3 is 2.91 bits per heavy atom. The van der Waals surface area contributed by atoms with Crippen LogP contribution in [0.5, 0.6) is 0 Å². The van der Waals surface area contributed by atoms with E-state index in [9.17, 15) is 4.79 Å². The molecule has 0 bridgehead atoms. The van der Waals surface area contributed by atoms with E-state index in [1.807, 2.05) is 0 Å². The Balaban J connectivity index is 2.39. The molecular formula is C8H14O3. The largest absolute Gasteiger partial charge is 0.396 e. The molecule has 2 unspecified atom stereocenters. The first-order valence-corrected chi connectivity index (χ1v) is 3.93. The fourth-order valence-electron chi connectivity index (χ4n) is 1.33. The molecule has 0 aliphatic carbocycles. The average molecular weight is 158 g/mol. The van der Waals surface area contributed by atoms with Crippen molar-refractivity contribution >= 4 is 5.78 Å². The molecule has 3 nitrogen and oxygen atoms in total. The van der Waals surface area contributed by atoms with Crippen LogP contribution in [0.25, 0.3) is 0 Å². The number of Topliss-reactive ketones (excluding diaryl/α,β-unsaturated/α-hetero) is 1. The molecule has 0 aromatic rings. The van der Waals surface area contributed by atoms with Crippen LogP contribution in [0.4, 0.5) is 0 Å². The Hall–Kier alpha value is -0.410. The molecule has 1 rings (SSSR count). The van der Waals surface area contributed by atoms with Crippen molar-refractivity contribution in [2.45, 2.75) is 13.3 Å². The first kappa shape index (κ1) is 8.68. The third kappa shape index (κ3) is 2.27. The van der Waals surface area contributed by atoms with Crippen LogP contribution in [0, 0.1) is 11.8 Å². The summed E-state index contributed by atoms with van der Waals surface area (Å²) >= 11 is 0. The quantitative estimate of drug-likeness (QED) is 0.625. The molecule has 0 saturated carbocycles. The Morgan fingerprint density at radius 1 is 1.64 bits per heavy atom. The van der Waals surface area contributed by atoms with Crippen molar-refractivity contribution in [1.29, 1.82) is 0 Å². The standard InChI is InChI=1S/C8H14O3/c1-6(10)8-2-7(3-9)4-11-5-8/h7-9H,2-5H2,1H3. The van der Waals surface area contributed by atoms with Crippen molar-refractivity contribution in [1.82, 2.24) is 0 Å². The highest BCUT2D eigenvalue weighted by atomic mass is 16.5. The first-order valence-electron chi connectivity index (χ1n) is 3.93. The minimum Gasteiger partial charge on any atom is -0.396 e. The average Bonchev–Trinajstić information content (AvgIpc) is 2.05. The number of carbonyl (C=O) groups excluding carboxylic acids is 1. The Kier molecular flexibility index (Phi) is 3.02. The highest BCUT2D eigenvalue weighted by Gasteiger charge is 2.24. The zero-order chi connectivity index (χ0) is 8.27. The van der Waals surface area contributed by atoms with Gasteiger partial charge in [0.25, 0.3) is 0 Å². The molecule has 1 fully saturated rings. The Morgan fingerprint density at radius 2 is 2.36 bits per heavy atom. The van der Waals surface area contributed by atoms with Crippen molar-refractivity contribution < 1.29 is 14.6 Å². The maximum atomic E-state index is 10.9. The summed E-state index contributed by atoms with van der Waals surface area (Å²) in [6, 6.07) is 0. The van der Waals surface area contributed by atoms with Crippen LogP contribution in [0.1, 0.15) is 13.3 Å². The number of hydrogen-bond acceptors (Lipinski definition) is 3. The summed E-state index contributed by atoms with van der Waals surface area (Å²) in [5, 5.41) is 8.80. The minimum atomic E-state index is 0.0147. The summed E-state index contributed by atoms with van der Waals surface area (Å²) in [6.07, 6.45) is 0.784. The molecule has 0 aromatic carbocycles. The van der Waals surface area contributed by atoms with Gasteiger partial charge in [-0.05, 0) is 13.3 Å². The van der Waals surface area contributed by atoms with Crippen LogP contribution in [-0.2, 0) is 9.53 Å². The summed E-state index contributed by atoms with van der Waals surface area (Å²) in [5.41, 5.74) is 0. The summed E-state index contributed by atoms with van der Waals surface area (Å²) in [7, 11) is 0. The summed E-state index contributed by atoms with van der Waals surface area (Å²) in [4.78, 5) is 10.9. The van der Waals surface area contributed by atoms with Gasteiger partial charge < -0.3 is 9.84 Å². The lowest BCUT2D eigenvalue weighted by molar-refractivity contribution is -0.126. The Labute approximate surface area is 66.4 Å².